The lowest BCUT2D eigenvalue weighted by molar-refractivity contribution is 0.0167. The average molecular weight is 425 g/mol. The summed E-state index contributed by atoms with van der Waals surface area (Å²) in [4.78, 5) is 14.9. The fraction of sp³-hybridized carbons (Fsp3) is 0.429. The zero-order valence-electron chi connectivity index (χ0n) is 17.2. The molecule has 1 amide bonds. The number of carbonyl (C=O) groups excluding carboxylic acids is 1. The van der Waals surface area contributed by atoms with Crippen LogP contribution in [0.1, 0.15) is 45.2 Å². The number of fused-ring (bicyclic) bond motifs is 1. The Morgan fingerprint density at radius 1 is 1.27 bits per heavy atom. The van der Waals surface area contributed by atoms with Gasteiger partial charge in [-0.05, 0) is 39.7 Å². The van der Waals surface area contributed by atoms with Crippen molar-refractivity contribution in [2.45, 2.75) is 50.2 Å². The second kappa shape index (κ2) is 7.69. The molecule has 1 fully saturated rings. The lowest BCUT2D eigenvalue weighted by atomic mass is 10.1. The summed E-state index contributed by atoms with van der Waals surface area (Å²) in [6, 6.07) is 4.14. The van der Waals surface area contributed by atoms with E-state index in [9.17, 15) is 10.1 Å². The number of nitriles is 1. The molecule has 1 aliphatic heterocycles. The quantitative estimate of drug-likeness (QED) is 0.630. The van der Waals surface area contributed by atoms with Crippen LogP contribution < -0.4 is 0 Å². The number of piperidine rings is 1. The van der Waals surface area contributed by atoms with Gasteiger partial charge in [-0.3, -0.25) is 4.68 Å². The first-order valence-corrected chi connectivity index (χ1v) is 10.3. The number of hydrogen-bond acceptors (Lipinski definition) is 6. The maximum Gasteiger partial charge on any atom is 0.410 e. The first kappa shape index (κ1) is 20.3. The Bertz CT molecular complexity index is 1140. The summed E-state index contributed by atoms with van der Waals surface area (Å²) in [6.07, 6.45) is 8.75. The summed E-state index contributed by atoms with van der Waals surface area (Å²) >= 11 is 4.54. The van der Waals surface area contributed by atoms with E-state index in [0.29, 0.717) is 29.1 Å². The second-order valence-corrected chi connectivity index (χ2v) is 8.99. The van der Waals surface area contributed by atoms with Crippen molar-refractivity contribution in [1.29, 1.82) is 5.26 Å². The molecule has 3 aromatic rings. The molecule has 1 aliphatic rings. The molecule has 0 aliphatic carbocycles. The van der Waals surface area contributed by atoms with E-state index in [0.717, 1.165) is 24.0 Å². The molecule has 30 heavy (non-hydrogen) atoms. The maximum absolute atomic E-state index is 12.4. The third kappa shape index (κ3) is 4.00. The standard InChI is InChI=1S/C21H24N6O2S/c1-21(2,3)29-20(28)25-6-4-5-17(13-25)26-12-16(10-23-26)14-7-18(30)19-15(8-22)9-24-27(19)11-14/h7,9-12,17,30H,4-6,13H2,1-3H3/t17-/m0/s1. The molecule has 0 spiro atoms. The van der Waals surface area contributed by atoms with Crippen LogP contribution in [0, 0.1) is 11.3 Å². The van der Waals surface area contributed by atoms with Gasteiger partial charge in [-0.15, -0.1) is 12.6 Å². The summed E-state index contributed by atoms with van der Waals surface area (Å²) < 4.78 is 9.10. The monoisotopic (exact) mass is 424 g/mol. The fourth-order valence-corrected chi connectivity index (χ4v) is 4.05. The number of hydrogen-bond donors (Lipinski definition) is 1. The number of pyridine rings is 1. The van der Waals surface area contributed by atoms with Crippen LogP contribution in [0.2, 0.25) is 0 Å². The number of thiol groups is 1. The van der Waals surface area contributed by atoms with Crippen LogP contribution in [0.5, 0.6) is 0 Å². The summed E-state index contributed by atoms with van der Waals surface area (Å²) in [5, 5.41) is 18.0. The van der Waals surface area contributed by atoms with E-state index in [1.807, 2.05) is 43.9 Å². The lowest BCUT2D eigenvalue weighted by Gasteiger charge is -2.34. The number of likely N-dealkylation sites (tertiary alicyclic amines) is 1. The van der Waals surface area contributed by atoms with E-state index in [4.69, 9.17) is 4.74 Å². The van der Waals surface area contributed by atoms with Crippen molar-refractivity contribution in [1.82, 2.24) is 24.3 Å². The zero-order chi connectivity index (χ0) is 21.5. The van der Waals surface area contributed by atoms with E-state index < -0.39 is 5.60 Å². The van der Waals surface area contributed by atoms with Gasteiger partial charge in [0.1, 0.15) is 11.7 Å². The highest BCUT2D eigenvalue weighted by Crippen LogP contribution is 2.29. The van der Waals surface area contributed by atoms with Gasteiger partial charge in [-0.2, -0.15) is 15.5 Å². The smallest absolute Gasteiger partial charge is 0.410 e. The molecule has 4 heterocycles. The summed E-state index contributed by atoms with van der Waals surface area (Å²) in [5.41, 5.74) is 2.51. The molecule has 9 heteroatoms. The Labute approximate surface area is 180 Å². The van der Waals surface area contributed by atoms with Crippen LogP contribution in [0.3, 0.4) is 0 Å². The average Bonchev–Trinajstić information content (AvgIpc) is 3.34. The van der Waals surface area contributed by atoms with Crippen LogP contribution in [0.15, 0.2) is 35.7 Å². The molecular formula is C21H24N6O2S. The Kier molecular flexibility index (Phi) is 5.20. The molecule has 4 rings (SSSR count). The van der Waals surface area contributed by atoms with E-state index in [1.54, 1.807) is 15.6 Å². The van der Waals surface area contributed by atoms with Crippen LogP contribution in [-0.2, 0) is 4.74 Å². The van der Waals surface area contributed by atoms with Crippen molar-refractivity contribution >= 4 is 24.2 Å². The highest BCUT2D eigenvalue weighted by atomic mass is 32.1. The zero-order valence-corrected chi connectivity index (χ0v) is 18.1. The van der Waals surface area contributed by atoms with E-state index in [-0.39, 0.29) is 12.1 Å². The van der Waals surface area contributed by atoms with Crippen molar-refractivity contribution in [3.05, 3.63) is 36.4 Å². The molecule has 8 nitrogen and oxygen atoms in total. The van der Waals surface area contributed by atoms with Gasteiger partial charge in [0, 0.05) is 41.5 Å². The predicted molar refractivity (Wildman–Crippen MR) is 114 cm³/mol. The van der Waals surface area contributed by atoms with Gasteiger partial charge >= 0.3 is 6.09 Å². The molecule has 1 saturated heterocycles. The molecular weight excluding hydrogens is 400 g/mol. The summed E-state index contributed by atoms with van der Waals surface area (Å²) in [6.45, 7) is 6.88. The van der Waals surface area contributed by atoms with Crippen LogP contribution in [0.25, 0.3) is 16.6 Å². The minimum Gasteiger partial charge on any atom is -0.444 e. The first-order valence-electron chi connectivity index (χ1n) is 9.88. The van der Waals surface area contributed by atoms with Crippen LogP contribution in [0.4, 0.5) is 4.79 Å². The van der Waals surface area contributed by atoms with Crippen molar-refractivity contribution < 1.29 is 9.53 Å². The minimum atomic E-state index is -0.510. The molecule has 3 aromatic heterocycles. The summed E-state index contributed by atoms with van der Waals surface area (Å²) in [5.74, 6) is 0. The number of amides is 1. The SMILES string of the molecule is CC(C)(C)OC(=O)N1CCC[C@H](n2cc(-c3cc(S)c4c(C#N)cnn4c3)cn2)C1. The molecule has 0 bridgehead atoms. The Balaban J connectivity index is 1.55. The van der Waals surface area contributed by atoms with Crippen LogP contribution in [-0.4, -0.2) is 49.1 Å². The minimum absolute atomic E-state index is 0.0918. The molecule has 0 radical (unpaired) electrons. The maximum atomic E-state index is 12.4. The van der Waals surface area contributed by atoms with Crippen molar-refractivity contribution in [3.8, 4) is 17.2 Å². The summed E-state index contributed by atoms with van der Waals surface area (Å²) in [7, 11) is 0. The molecule has 156 valence electrons. The predicted octanol–water partition coefficient (Wildman–Crippen LogP) is 3.93. The van der Waals surface area contributed by atoms with E-state index in [1.165, 1.54) is 6.20 Å². The van der Waals surface area contributed by atoms with E-state index >= 15 is 0 Å². The number of aromatic nitrogens is 4. The fourth-order valence-electron chi connectivity index (χ4n) is 3.69. The number of nitrogens with zero attached hydrogens (tertiary/aromatic N) is 6. The molecule has 0 N–H and O–H groups in total. The Hall–Kier alpha value is -2.99. The van der Waals surface area contributed by atoms with Crippen molar-refractivity contribution in [2.24, 2.45) is 0 Å². The van der Waals surface area contributed by atoms with Gasteiger partial charge < -0.3 is 9.64 Å². The molecule has 0 saturated carbocycles. The lowest BCUT2D eigenvalue weighted by Crippen LogP contribution is -2.43. The topological polar surface area (TPSA) is 88.5 Å². The third-order valence-corrected chi connectivity index (χ3v) is 5.41. The van der Waals surface area contributed by atoms with E-state index in [2.05, 4.69) is 28.9 Å². The van der Waals surface area contributed by atoms with Gasteiger partial charge in [0.05, 0.1) is 29.5 Å². The van der Waals surface area contributed by atoms with Gasteiger partial charge in [0.2, 0.25) is 0 Å². The molecule has 0 unspecified atom stereocenters. The van der Waals surface area contributed by atoms with Gasteiger partial charge in [0.15, 0.2) is 0 Å². The molecule has 0 aromatic carbocycles. The number of ether oxygens (including phenoxy) is 1. The second-order valence-electron chi connectivity index (χ2n) is 8.51. The normalized spacial score (nSPS) is 17.2. The molecule has 1 atom stereocenters. The largest absolute Gasteiger partial charge is 0.444 e. The first-order chi connectivity index (χ1) is 14.2. The van der Waals surface area contributed by atoms with Gasteiger partial charge in [-0.25, -0.2) is 9.31 Å². The Morgan fingerprint density at radius 3 is 2.80 bits per heavy atom. The number of rotatable bonds is 2. The van der Waals surface area contributed by atoms with Crippen molar-refractivity contribution in [3.63, 3.8) is 0 Å². The van der Waals surface area contributed by atoms with Gasteiger partial charge in [0.25, 0.3) is 0 Å². The van der Waals surface area contributed by atoms with Crippen molar-refractivity contribution in [2.75, 3.05) is 13.1 Å². The van der Waals surface area contributed by atoms with Crippen LogP contribution >= 0.6 is 12.6 Å². The number of carbonyl (C=O) groups is 1. The van der Waals surface area contributed by atoms with Gasteiger partial charge in [-0.1, -0.05) is 0 Å². The highest BCUT2D eigenvalue weighted by molar-refractivity contribution is 7.80. The Morgan fingerprint density at radius 2 is 2.07 bits per heavy atom. The highest BCUT2D eigenvalue weighted by Gasteiger charge is 2.28. The third-order valence-electron chi connectivity index (χ3n) is 5.07.